The van der Waals surface area contributed by atoms with Crippen LogP contribution in [0.1, 0.15) is 6.42 Å². The first kappa shape index (κ1) is 22.4. The molecule has 0 heterocycles. The summed E-state index contributed by atoms with van der Waals surface area (Å²) >= 11 is 0. The summed E-state index contributed by atoms with van der Waals surface area (Å²) in [6, 6.07) is 0. The van der Waals surface area contributed by atoms with E-state index in [0.717, 1.165) is 0 Å². The van der Waals surface area contributed by atoms with Crippen molar-refractivity contribution in [1.29, 1.82) is 0 Å². The Hall–Kier alpha value is -1.64. The van der Waals surface area contributed by atoms with Crippen LogP contribution in [0, 0.1) is 0 Å². The van der Waals surface area contributed by atoms with Gasteiger partial charge in [0.15, 0.2) is 5.78 Å². The highest BCUT2D eigenvalue weighted by atomic mass is 19.4. The Bertz CT molecular complexity index is 600. The molecule has 16 heteroatoms. The number of Topliss-reactive ketones (excluding diaryl/α,β-unsaturated/α-hetero) is 2. The third-order valence-electron chi connectivity index (χ3n) is 3.46. The van der Waals surface area contributed by atoms with E-state index >= 15 is 0 Å². The quantitative estimate of drug-likeness (QED) is 0.512. The molecule has 0 saturated heterocycles. The summed E-state index contributed by atoms with van der Waals surface area (Å²) in [4.78, 5) is 21.4. The lowest BCUT2D eigenvalue weighted by atomic mass is 9.69. The predicted molar refractivity (Wildman–Crippen MR) is 49.3 cm³/mol. The monoisotopic (exact) mass is 420 g/mol. The minimum absolute atomic E-state index is 3.34. The van der Waals surface area contributed by atoms with Gasteiger partial charge in [-0.15, -0.1) is 0 Å². The van der Waals surface area contributed by atoms with E-state index in [-0.39, 0.29) is 0 Å². The Morgan fingerprint density at radius 1 is 0.577 bits per heavy atom. The smallest absolute Gasteiger partial charge is 0.295 e. The highest BCUT2D eigenvalue weighted by Crippen LogP contribution is 2.69. The molecule has 0 unspecified atom stereocenters. The maximum atomic E-state index is 13.9. The molecule has 0 radical (unpaired) electrons. The fourth-order valence-electron chi connectivity index (χ4n) is 1.94. The van der Waals surface area contributed by atoms with Gasteiger partial charge in [-0.05, 0) is 0 Å². The molecule has 2 nitrogen and oxygen atoms in total. The lowest BCUT2D eigenvalue weighted by Gasteiger charge is -2.51. The van der Waals surface area contributed by atoms with Crippen molar-refractivity contribution in [3.8, 4) is 0 Å². The molecule has 0 bridgehead atoms. The second-order valence-corrected chi connectivity index (χ2v) is 5.05. The molecular formula is C10H2F14O2. The Morgan fingerprint density at radius 2 is 0.846 bits per heavy atom. The van der Waals surface area contributed by atoms with Gasteiger partial charge in [-0.2, -0.15) is 57.1 Å². The zero-order valence-electron chi connectivity index (χ0n) is 11.3. The van der Waals surface area contributed by atoms with Crippen molar-refractivity contribution >= 4 is 11.6 Å². The van der Waals surface area contributed by atoms with Crippen LogP contribution in [-0.2, 0) is 9.59 Å². The van der Waals surface area contributed by atoms with Crippen LogP contribution in [-0.4, -0.2) is 53.0 Å². The van der Waals surface area contributed by atoms with Crippen molar-refractivity contribution < 1.29 is 71.1 Å². The molecule has 0 aromatic carbocycles. The van der Waals surface area contributed by atoms with E-state index in [4.69, 9.17) is 0 Å². The summed E-state index contributed by atoms with van der Waals surface area (Å²) in [5.74, 6) is -45.8. The van der Waals surface area contributed by atoms with E-state index in [9.17, 15) is 71.1 Å². The number of carbonyl (C=O) groups is 2. The predicted octanol–water partition coefficient (Wildman–Crippen LogP) is 3.98. The van der Waals surface area contributed by atoms with Gasteiger partial charge >= 0.3 is 41.5 Å². The highest BCUT2D eigenvalue weighted by molar-refractivity contribution is 6.06. The van der Waals surface area contributed by atoms with Gasteiger partial charge in [0.2, 0.25) is 5.78 Å². The SMILES string of the molecule is O=C(CC(=O)C1(F)C(F)(F)C(F)(F)C(F)(F)C(F)(F)C1(F)F)C(F)(F)F. The molecule has 0 N–H and O–H groups in total. The topological polar surface area (TPSA) is 34.1 Å². The van der Waals surface area contributed by atoms with E-state index in [1.54, 1.807) is 0 Å². The van der Waals surface area contributed by atoms with E-state index < -0.39 is 59.4 Å². The molecule has 152 valence electrons. The van der Waals surface area contributed by atoms with Crippen molar-refractivity contribution in [2.45, 2.75) is 47.9 Å². The van der Waals surface area contributed by atoms with Crippen LogP contribution in [0.5, 0.6) is 0 Å². The second kappa shape index (κ2) is 5.21. The first-order chi connectivity index (χ1) is 11.0. The van der Waals surface area contributed by atoms with Crippen molar-refractivity contribution in [2.75, 3.05) is 0 Å². The summed E-state index contributed by atoms with van der Waals surface area (Å²) in [5, 5.41) is 0. The van der Waals surface area contributed by atoms with Gasteiger partial charge in [-0.3, -0.25) is 9.59 Å². The minimum atomic E-state index is -7.64. The molecule has 0 aromatic rings. The van der Waals surface area contributed by atoms with E-state index in [1.807, 2.05) is 0 Å². The average Bonchev–Trinajstić information content (AvgIpc) is 2.42. The molecule has 1 aliphatic rings. The van der Waals surface area contributed by atoms with Crippen LogP contribution in [0.25, 0.3) is 0 Å². The third kappa shape index (κ3) is 2.18. The molecule has 1 rings (SSSR count). The van der Waals surface area contributed by atoms with Gasteiger partial charge in [-0.1, -0.05) is 0 Å². The zero-order valence-corrected chi connectivity index (χ0v) is 11.3. The van der Waals surface area contributed by atoms with Gasteiger partial charge in [-0.25, -0.2) is 4.39 Å². The van der Waals surface area contributed by atoms with Crippen LogP contribution in [0.15, 0.2) is 0 Å². The van der Waals surface area contributed by atoms with E-state index in [1.165, 1.54) is 0 Å². The molecular weight excluding hydrogens is 418 g/mol. The molecule has 1 saturated carbocycles. The number of carbonyl (C=O) groups excluding carboxylic acids is 2. The number of rotatable bonds is 3. The van der Waals surface area contributed by atoms with Gasteiger partial charge < -0.3 is 0 Å². The summed E-state index contributed by atoms with van der Waals surface area (Å²) in [7, 11) is 0. The number of halogens is 14. The van der Waals surface area contributed by atoms with Crippen LogP contribution >= 0.6 is 0 Å². The Labute approximate surface area is 132 Å². The standard InChI is InChI=1S/C10H2F14O2/c11-4(2(25)1-3(26)5(12,13)14)6(15,16)8(19,20)10(23,24)9(21,22)7(4,17)18/h1H2. The average molecular weight is 420 g/mol. The lowest BCUT2D eigenvalue weighted by Crippen LogP contribution is -2.85. The van der Waals surface area contributed by atoms with Crippen LogP contribution in [0.2, 0.25) is 0 Å². The molecule has 0 spiro atoms. The molecule has 1 aliphatic carbocycles. The van der Waals surface area contributed by atoms with Gasteiger partial charge in [0, 0.05) is 0 Å². The Morgan fingerprint density at radius 3 is 1.12 bits per heavy atom. The molecule has 26 heavy (non-hydrogen) atoms. The number of ketones is 2. The Kier molecular flexibility index (Phi) is 4.49. The maximum Gasteiger partial charge on any atom is 0.450 e. The van der Waals surface area contributed by atoms with Crippen molar-refractivity contribution in [1.82, 2.24) is 0 Å². The van der Waals surface area contributed by atoms with Crippen LogP contribution in [0.4, 0.5) is 61.5 Å². The third-order valence-corrected chi connectivity index (χ3v) is 3.46. The number of alkyl halides is 14. The van der Waals surface area contributed by atoms with Gasteiger partial charge in [0.25, 0.3) is 0 Å². The maximum absolute atomic E-state index is 13.9. The van der Waals surface area contributed by atoms with E-state index in [0.29, 0.717) is 0 Å². The minimum Gasteiger partial charge on any atom is -0.295 e. The summed E-state index contributed by atoms with van der Waals surface area (Å²) in [6.45, 7) is 0. The molecule has 0 atom stereocenters. The highest BCUT2D eigenvalue weighted by Gasteiger charge is 3.02. The van der Waals surface area contributed by atoms with Crippen molar-refractivity contribution in [3.05, 3.63) is 0 Å². The Balaban J connectivity index is 3.71. The summed E-state index contributed by atoms with van der Waals surface area (Å²) < 4.78 is 181. The molecule has 0 aromatic heterocycles. The fourth-order valence-corrected chi connectivity index (χ4v) is 1.94. The first-order valence-electron chi connectivity index (χ1n) is 5.76. The zero-order chi connectivity index (χ0) is 21.4. The normalized spacial score (nSPS) is 27.6. The molecule has 0 aliphatic heterocycles. The second-order valence-electron chi connectivity index (χ2n) is 5.05. The number of hydrogen-bond donors (Lipinski definition) is 0. The van der Waals surface area contributed by atoms with Crippen LogP contribution < -0.4 is 0 Å². The summed E-state index contributed by atoms with van der Waals surface area (Å²) in [5.41, 5.74) is -7.25. The fraction of sp³-hybridized carbons (Fsp3) is 0.800. The number of hydrogen-bond acceptors (Lipinski definition) is 2. The van der Waals surface area contributed by atoms with Crippen molar-refractivity contribution in [3.63, 3.8) is 0 Å². The van der Waals surface area contributed by atoms with E-state index in [2.05, 4.69) is 0 Å². The van der Waals surface area contributed by atoms with Crippen molar-refractivity contribution in [2.24, 2.45) is 0 Å². The summed E-state index contributed by atoms with van der Waals surface area (Å²) in [6.07, 6.45) is -9.51. The first-order valence-corrected chi connectivity index (χ1v) is 5.76. The lowest BCUT2D eigenvalue weighted by molar-refractivity contribution is -0.476. The van der Waals surface area contributed by atoms with Gasteiger partial charge in [0.1, 0.15) is 0 Å². The molecule has 1 fully saturated rings. The largest absolute Gasteiger partial charge is 0.450 e. The van der Waals surface area contributed by atoms with Crippen LogP contribution in [0.3, 0.4) is 0 Å². The van der Waals surface area contributed by atoms with Gasteiger partial charge in [0.05, 0.1) is 6.42 Å². The molecule has 0 amide bonds.